The zero-order valence-electron chi connectivity index (χ0n) is 18.2. The number of nitrogens with one attached hydrogen (secondary N) is 1. The van der Waals surface area contributed by atoms with Gasteiger partial charge >= 0.3 is 0 Å². The molecule has 2 aliphatic rings. The molecule has 8 nitrogen and oxygen atoms in total. The predicted molar refractivity (Wildman–Crippen MR) is 120 cm³/mol. The molecule has 2 aromatic rings. The Balaban J connectivity index is 1.57. The molecule has 0 aliphatic heterocycles. The fraction of sp³-hybridized carbons (Fsp3) is 0.435. The Hall–Kier alpha value is -2.92. The van der Waals surface area contributed by atoms with Gasteiger partial charge in [0.1, 0.15) is 19.0 Å². The second-order valence-electron chi connectivity index (χ2n) is 8.38. The van der Waals surface area contributed by atoms with Crippen LogP contribution in [0.25, 0.3) is 5.57 Å². The number of alkyl halides is 2. The number of allylic oxidation sites excluding steroid dienone is 1. The van der Waals surface area contributed by atoms with Gasteiger partial charge in [0.05, 0.1) is 29.1 Å². The zero-order valence-corrected chi connectivity index (χ0v) is 19.0. The van der Waals surface area contributed by atoms with Gasteiger partial charge < -0.3 is 15.2 Å². The van der Waals surface area contributed by atoms with E-state index in [0.717, 1.165) is 0 Å². The maximum absolute atomic E-state index is 13.7. The van der Waals surface area contributed by atoms with Gasteiger partial charge in [0, 0.05) is 5.57 Å². The first-order valence-corrected chi connectivity index (χ1v) is 12.5. The van der Waals surface area contributed by atoms with Crippen LogP contribution in [0.1, 0.15) is 31.2 Å². The SMILES string of the molecule is O=C(Nc1cnc(OCCO)cn1)/C(=C/C1C[C@@H](F)[C@@H](F)C1)c1ccc(S(=O)(=O)C2CC2)cc1. The molecule has 0 saturated heterocycles. The standard InChI is InChI=1S/C23H25F2N3O5S/c24-19-10-14(11-20(19)25)9-18(15-1-3-16(4-2-15)34(31,32)17-5-6-17)23(30)28-21-12-27-22(13-26-21)33-8-7-29/h1-4,9,12-14,17,19-20,29H,5-8,10-11H2,(H,26,28,30)/b18-9+/t14?,19-,20+. The van der Waals surface area contributed by atoms with E-state index in [4.69, 9.17) is 9.84 Å². The quantitative estimate of drug-likeness (QED) is 0.516. The van der Waals surface area contributed by atoms with Gasteiger partial charge in [-0.05, 0) is 49.3 Å². The lowest BCUT2D eigenvalue weighted by molar-refractivity contribution is -0.111. The fourth-order valence-corrected chi connectivity index (χ4v) is 5.49. The van der Waals surface area contributed by atoms with E-state index in [1.54, 1.807) is 0 Å². The van der Waals surface area contributed by atoms with Gasteiger partial charge in [0.2, 0.25) is 5.88 Å². The minimum atomic E-state index is -3.39. The van der Waals surface area contributed by atoms with Crippen molar-refractivity contribution in [3.8, 4) is 5.88 Å². The fourth-order valence-electron chi connectivity index (χ4n) is 3.83. The molecule has 2 N–H and O–H groups in total. The van der Waals surface area contributed by atoms with E-state index >= 15 is 0 Å². The van der Waals surface area contributed by atoms with E-state index in [1.165, 1.54) is 42.7 Å². The number of aliphatic hydroxyl groups is 1. The molecule has 182 valence electrons. The number of hydrogen-bond acceptors (Lipinski definition) is 7. The normalized spacial score (nSPS) is 23.0. The molecular formula is C23H25F2N3O5S. The average Bonchev–Trinajstić information content (AvgIpc) is 3.63. The van der Waals surface area contributed by atoms with Crippen molar-refractivity contribution in [3.63, 3.8) is 0 Å². The largest absolute Gasteiger partial charge is 0.474 e. The first-order chi connectivity index (χ1) is 16.3. The average molecular weight is 494 g/mol. The molecule has 0 radical (unpaired) electrons. The van der Waals surface area contributed by atoms with Gasteiger partial charge in [-0.1, -0.05) is 18.2 Å². The van der Waals surface area contributed by atoms with E-state index in [2.05, 4.69) is 15.3 Å². The maximum atomic E-state index is 13.7. The second-order valence-corrected chi connectivity index (χ2v) is 10.6. The van der Waals surface area contributed by atoms with E-state index in [1.807, 2.05) is 0 Å². The van der Waals surface area contributed by atoms with E-state index in [0.29, 0.717) is 18.4 Å². The number of aliphatic hydroxyl groups excluding tert-OH is 1. The van der Waals surface area contributed by atoms with Crippen LogP contribution in [-0.2, 0) is 14.6 Å². The summed E-state index contributed by atoms with van der Waals surface area (Å²) in [6, 6.07) is 5.93. The molecule has 11 heteroatoms. The molecule has 1 amide bonds. The van der Waals surface area contributed by atoms with Gasteiger partial charge in [-0.2, -0.15) is 0 Å². The van der Waals surface area contributed by atoms with Gasteiger partial charge in [-0.15, -0.1) is 0 Å². The summed E-state index contributed by atoms with van der Waals surface area (Å²) in [5.74, 6) is -0.766. The number of halogens is 2. The molecule has 34 heavy (non-hydrogen) atoms. The van der Waals surface area contributed by atoms with Crippen molar-refractivity contribution in [2.24, 2.45) is 5.92 Å². The Labute approximate surface area is 196 Å². The predicted octanol–water partition coefficient (Wildman–Crippen LogP) is 2.89. The second kappa shape index (κ2) is 10.1. The highest BCUT2D eigenvalue weighted by molar-refractivity contribution is 7.92. The van der Waals surface area contributed by atoms with Gasteiger partial charge in [-0.3, -0.25) is 4.79 Å². The summed E-state index contributed by atoms with van der Waals surface area (Å²) in [4.78, 5) is 21.3. The van der Waals surface area contributed by atoms with Crippen LogP contribution >= 0.6 is 0 Å². The van der Waals surface area contributed by atoms with Crippen LogP contribution in [0.3, 0.4) is 0 Å². The van der Waals surface area contributed by atoms with Crippen molar-refractivity contribution < 1.29 is 31.8 Å². The number of amides is 1. The van der Waals surface area contributed by atoms with Crippen LogP contribution in [0.5, 0.6) is 5.88 Å². The Bertz CT molecular complexity index is 1140. The number of anilines is 1. The highest BCUT2D eigenvalue weighted by atomic mass is 32.2. The molecule has 0 bridgehead atoms. The van der Waals surface area contributed by atoms with Crippen LogP contribution in [0, 0.1) is 5.92 Å². The summed E-state index contributed by atoms with van der Waals surface area (Å²) in [7, 11) is -3.39. The lowest BCUT2D eigenvalue weighted by atomic mass is 9.98. The van der Waals surface area contributed by atoms with Crippen molar-refractivity contribution in [3.05, 3.63) is 48.3 Å². The lowest BCUT2D eigenvalue weighted by Gasteiger charge is -2.13. The smallest absolute Gasteiger partial charge is 0.257 e. The number of aromatic nitrogens is 2. The molecule has 1 aromatic heterocycles. The number of rotatable bonds is 9. The van der Waals surface area contributed by atoms with Crippen LogP contribution in [0.4, 0.5) is 14.6 Å². The Morgan fingerprint density at radius 2 is 1.79 bits per heavy atom. The maximum Gasteiger partial charge on any atom is 0.257 e. The molecule has 1 aromatic carbocycles. The molecule has 0 spiro atoms. The summed E-state index contributed by atoms with van der Waals surface area (Å²) in [5.41, 5.74) is 0.574. The number of hydrogen-bond donors (Lipinski definition) is 2. The zero-order chi connectivity index (χ0) is 24.3. The summed E-state index contributed by atoms with van der Waals surface area (Å²) in [5, 5.41) is 11.0. The molecule has 2 aliphatic carbocycles. The minimum Gasteiger partial charge on any atom is -0.474 e. The highest BCUT2D eigenvalue weighted by Gasteiger charge is 2.37. The Morgan fingerprint density at radius 3 is 2.35 bits per heavy atom. The van der Waals surface area contributed by atoms with E-state index < -0.39 is 34.0 Å². The third-order valence-corrected chi connectivity index (χ3v) is 8.04. The molecule has 1 heterocycles. The third kappa shape index (κ3) is 5.58. The lowest BCUT2D eigenvalue weighted by Crippen LogP contribution is -2.16. The van der Waals surface area contributed by atoms with E-state index in [9.17, 15) is 22.0 Å². The molecule has 2 saturated carbocycles. The Morgan fingerprint density at radius 1 is 1.12 bits per heavy atom. The molecule has 4 rings (SSSR count). The third-order valence-electron chi connectivity index (χ3n) is 5.76. The topological polar surface area (TPSA) is 118 Å². The molecule has 2 fully saturated rings. The number of carbonyl (C=O) groups excluding carboxylic acids is 1. The number of ether oxygens (including phenoxy) is 1. The molecule has 3 atom stereocenters. The highest BCUT2D eigenvalue weighted by Crippen LogP contribution is 2.36. The summed E-state index contributed by atoms with van der Waals surface area (Å²) < 4.78 is 57.6. The van der Waals surface area contributed by atoms with Gasteiger partial charge in [-0.25, -0.2) is 27.2 Å². The minimum absolute atomic E-state index is 0.0389. The van der Waals surface area contributed by atoms with Gasteiger partial charge in [0.15, 0.2) is 15.7 Å². The first kappa shape index (κ1) is 24.2. The van der Waals surface area contributed by atoms with Crippen LogP contribution in [-0.4, -0.2) is 60.2 Å². The van der Waals surface area contributed by atoms with Crippen molar-refractivity contribution in [1.29, 1.82) is 0 Å². The number of nitrogens with zero attached hydrogens (tertiary/aromatic N) is 2. The summed E-state index contributed by atoms with van der Waals surface area (Å²) >= 11 is 0. The molecule has 1 unspecified atom stereocenters. The first-order valence-electron chi connectivity index (χ1n) is 11.0. The van der Waals surface area contributed by atoms with Crippen molar-refractivity contribution >= 4 is 27.1 Å². The summed E-state index contributed by atoms with van der Waals surface area (Å²) in [6.45, 7) is -0.137. The van der Waals surface area contributed by atoms with Gasteiger partial charge in [0.25, 0.3) is 5.91 Å². The van der Waals surface area contributed by atoms with Crippen molar-refractivity contribution in [1.82, 2.24) is 9.97 Å². The van der Waals surface area contributed by atoms with Crippen LogP contribution in [0.2, 0.25) is 0 Å². The van der Waals surface area contributed by atoms with Crippen molar-refractivity contribution in [2.75, 3.05) is 18.5 Å². The number of carbonyl (C=O) groups is 1. The Kier molecular flexibility index (Phi) is 7.22. The number of sulfone groups is 1. The summed E-state index contributed by atoms with van der Waals surface area (Å²) in [6.07, 6.45) is 2.10. The van der Waals surface area contributed by atoms with E-state index in [-0.39, 0.29) is 53.5 Å². The van der Waals surface area contributed by atoms with Crippen LogP contribution < -0.4 is 10.1 Å². The van der Waals surface area contributed by atoms with Crippen LogP contribution in [0.15, 0.2) is 47.6 Å². The number of benzene rings is 1. The molecular weight excluding hydrogens is 468 g/mol. The monoisotopic (exact) mass is 493 g/mol. The van der Waals surface area contributed by atoms with Crippen molar-refractivity contribution in [2.45, 2.75) is 48.2 Å².